The molecular formula is C22H21IN2O5. The minimum absolute atomic E-state index is 0.0765. The molecule has 30 heavy (non-hydrogen) atoms. The van der Waals surface area contributed by atoms with Crippen LogP contribution in [0.15, 0.2) is 35.9 Å². The lowest BCUT2D eigenvalue weighted by molar-refractivity contribution is -0.139. The molecule has 0 heterocycles. The van der Waals surface area contributed by atoms with Crippen molar-refractivity contribution in [3.05, 3.63) is 56.2 Å². The average Bonchev–Trinajstić information content (AvgIpc) is 2.67. The van der Waals surface area contributed by atoms with Gasteiger partial charge in [0.15, 0.2) is 18.1 Å². The number of amides is 1. The molecule has 1 amide bonds. The van der Waals surface area contributed by atoms with Crippen LogP contribution in [-0.2, 0) is 9.59 Å². The molecule has 2 aromatic rings. The molecule has 0 saturated heterocycles. The van der Waals surface area contributed by atoms with E-state index in [0.29, 0.717) is 32.9 Å². The Labute approximate surface area is 188 Å². The molecule has 2 rings (SSSR count). The summed E-state index contributed by atoms with van der Waals surface area (Å²) in [6.45, 7) is 5.46. The van der Waals surface area contributed by atoms with Gasteiger partial charge in [-0.15, -0.1) is 0 Å². The molecule has 0 radical (unpaired) electrons. The molecule has 0 unspecified atom stereocenters. The molecular weight excluding hydrogens is 499 g/mol. The number of carbonyl (C=O) groups is 2. The maximum atomic E-state index is 12.6. The van der Waals surface area contributed by atoms with Crippen LogP contribution in [0.25, 0.3) is 6.08 Å². The van der Waals surface area contributed by atoms with Crippen molar-refractivity contribution in [1.82, 2.24) is 0 Å². The van der Waals surface area contributed by atoms with Gasteiger partial charge < -0.3 is 19.9 Å². The van der Waals surface area contributed by atoms with Crippen LogP contribution in [0, 0.1) is 28.7 Å². The molecule has 0 aliphatic rings. The number of carboxylic acids is 1. The molecule has 2 N–H and O–H groups in total. The van der Waals surface area contributed by atoms with Crippen molar-refractivity contribution in [2.45, 2.75) is 20.8 Å². The highest BCUT2D eigenvalue weighted by atomic mass is 127. The van der Waals surface area contributed by atoms with Gasteiger partial charge in [-0.25, -0.2) is 4.79 Å². The van der Waals surface area contributed by atoms with Crippen molar-refractivity contribution < 1.29 is 24.2 Å². The van der Waals surface area contributed by atoms with Gasteiger partial charge in [-0.3, -0.25) is 4.79 Å². The van der Waals surface area contributed by atoms with Gasteiger partial charge in [0.1, 0.15) is 11.6 Å². The molecule has 0 bridgehead atoms. The second-order valence-corrected chi connectivity index (χ2v) is 7.55. The minimum atomic E-state index is -1.10. The Kier molecular flexibility index (Phi) is 8.24. The van der Waals surface area contributed by atoms with Gasteiger partial charge in [0.05, 0.1) is 10.2 Å². The topological polar surface area (TPSA) is 109 Å². The fourth-order valence-electron chi connectivity index (χ4n) is 2.67. The number of ether oxygens (including phenoxy) is 2. The van der Waals surface area contributed by atoms with Crippen LogP contribution in [0.2, 0.25) is 0 Å². The quantitative estimate of drug-likeness (QED) is 0.305. The first kappa shape index (κ1) is 23.2. The van der Waals surface area contributed by atoms with Crippen LogP contribution < -0.4 is 14.8 Å². The Morgan fingerprint density at radius 3 is 2.57 bits per heavy atom. The van der Waals surface area contributed by atoms with Gasteiger partial charge in [-0.05, 0) is 78.8 Å². The number of benzene rings is 2. The summed E-state index contributed by atoms with van der Waals surface area (Å²) in [4.78, 5) is 23.4. The summed E-state index contributed by atoms with van der Waals surface area (Å²) in [5.74, 6) is -0.991. The average molecular weight is 520 g/mol. The van der Waals surface area contributed by atoms with Gasteiger partial charge in [0.25, 0.3) is 5.91 Å². The highest BCUT2D eigenvalue weighted by Crippen LogP contribution is 2.35. The predicted molar refractivity (Wildman–Crippen MR) is 122 cm³/mol. The standard InChI is InChI=1S/C22H21IN2O5/c1-4-29-19-10-15(9-17(23)21(19)30-12-20(26)27)8-16(11-24)22(28)25-18-6-5-13(2)7-14(18)3/h5-10H,4,12H2,1-3H3,(H,25,28)(H,26,27)/b16-8+. The molecule has 8 heteroatoms. The smallest absolute Gasteiger partial charge is 0.341 e. The summed E-state index contributed by atoms with van der Waals surface area (Å²) in [5.41, 5.74) is 3.08. The van der Waals surface area contributed by atoms with E-state index in [1.807, 2.05) is 54.6 Å². The first-order chi connectivity index (χ1) is 14.2. The van der Waals surface area contributed by atoms with E-state index in [-0.39, 0.29) is 5.57 Å². The zero-order chi connectivity index (χ0) is 22.3. The Bertz CT molecular complexity index is 1040. The molecule has 0 spiro atoms. The van der Waals surface area contributed by atoms with Crippen LogP contribution in [0.1, 0.15) is 23.6 Å². The van der Waals surface area contributed by atoms with Crippen molar-refractivity contribution >= 4 is 46.2 Å². The van der Waals surface area contributed by atoms with E-state index in [2.05, 4.69) is 5.32 Å². The molecule has 0 aliphatic carbocycles. The lowest BCUT2D eigenvalue weighted by Crippen LogP contribution is -2.14. The van der Waals surface area contributed by atoms with Crippen LogP contribution in [0.3, 0.4) is 0 Å². The first-order valence-electron chi connectivity index (χ1n) is 9.06. The summed E-state index contributed by atoms with van der Waals surface area (Å²) < 4.78 is 11.5. The predicted octanol–water partition coefficient (Wildman–Crippen LogP) is 4.32. The Morgan fingerprint density at radius 1 is 1.23 bits per heavy atom. The maximum Gasteiger partial charge on any atom is 0.341 e. The highest BCUT2D eigenvalue weighted by Gasteiger charge is 2.15. The van der Waals surface area contributed by atoms with Crippen molar-refractivity contribution in [3.8, 4) is 17.6 Å². The second kappa shape index (κ2) is 10.6. The number of aliphatic carboxylic acids is 1. The fourth-order valence-corrected chi connectivity index (χ4v) is 3.45. The summed E-state index contributed by atoms with van der Waals surface area (Å²) in [6.07, 6.45) is 1.45. The monoisotopic (exact) mass is 520 g/mol. The number of hydrogen-bond donors (Lipinski definition) is 2. The van der Waals surface area contributed by atoms with Gasteiger partial charge in [0, 0.05) is 5.69 Å². The number of nitriles is 1. The Hall–Kier alpha value is -3.06. The molecule has 0 fully saturated rings. The largest absolute Gasteiger partial charge is 0.490 e. The number of anilines is 1. The molecule has 0 saturated carbocycles. The van der Waals surface area contributed by atoms with E-state index in [9.17, 15) is 14.9 Å². The SMILES string of the molecule is CCOc1cc(/C=C(\C#N)C(=O)Nc2ccc(C)cc2C)cc(I)c1OCC(=O)O. The lowest BCUT2D eigenvalue weighted by Gasteiger charge is -2.14. The Balaban J connectivity index is 2.34. The third kappa shape index (κ3) is 6.22. The van der Waals surface area contributed by atoms with Crippen LogP contribution in [0.4, 0.5) is 5.69 Å². The number of hydrogen-bond acceptors (Lipinski definition) is 5. The summed E-state index contributed by atoms with van der Waals surface area (Å²) in [7, 11) is 0. The number of halogens is 1. The molecule has 156 valence electrons. The number of nitrogens with one attached hydrogen (secondary N) is 1. The van der Waals surface area contributed by atoms with Crippen molar-refractivity contribution in [3.63, 3.8) is 0 Å². The summed E-state index contributed by atoms with van der Waals surface area (Å²) >= 11 is 1.99. The second-order valence-electron chi connectivity index (χ2n) is 6.39. The lowest BCUT2D eigenvalue weighted by atomic mass is 10.1. The van der Waals surface area contributed by atoms with Gasteiger partial charge in [0.2, 0.25) is 0 Å². The number of carboxylic acid groups (broad SMARTS) is 1. The summed E-state index contributed by atoms with van der Waals surface area (Å²) in [6, 6.07) is 10.8. The number of aryl methyl sites for hydroxylation is 2. The van der Waals surface area contributed by atoms with Crippen molar-refractivity contribution in [1.29, 1.82) is 5.26 Å². The van der Waals surface area contributed by atoms with E-state index < -0.39 is 18.5 Å². The molecule has 0 aromatic heterocycles. The highest BCUT2D eigenvalue weighted by molar-refractivity contribution is 14.1. The third-order valence-corrected chi connectivity index (χ3v) is 4.78. The van der Waals surface area contributed by atoms with Crippen molar-refractivity contribution in [2.24, 2.45) is 0 Å². The minimum Gasteiger partial charge on any atom is -0.490 e. The van der Waals surface area contributed by atoms with E-state index in [1.165, 1.54) is 6.08 Å². The first-order valence-corrected chi connectivity index (χ1v) is 10.1. The van der Waals surface area contributed by atoms with E-state index >= 15 is 0 Å². The van der Waals surface area contributed by atoms with Gasteiger partial charge >= 0.3 is 5.97 Å². The molecule has 7 nitrogen and oxygen atoms in total. The zero-order valence-corrected chi connectivity index (χ0v) is 18.9. The normalized spacial score (nSPS) is 10.8. The molecule has 0 atom stereocenters. The van der Waals surface area contributed by atoms with Crippen LogP contribution in [-0.4, -0.2) is 30.2 Å². The number of nitrogens with zero attached hydrogens (tertiary/aromatic N) is 1. The van der Waals surface area contributed by atoms with E-state index in [4.69, 9.17) is 14.6 Å². The van der Waals surface area contributed by atoms with E-state index in [0.717, 1.165) is 11.1 Å². The number of rotatable bonds is 8. The third-order valence-electron chi connectivity index (χ3n) is 3.98. The number of carbonyl (C=O) groups excluding carboxylic acids is 1. The van der Waals surface area contributed by atoms with Crippen LogP contribution >= 0.6 is 22.6 Å². The molecule has 0 aliphatic heterocycles. The van der Waals surface area contributed by atoms with Gasteiger partial charge in [-0.1, -0.05) is 17.7 Å². The molecule has 2 aromatic carbocycles. The maximum absolute atomic E-state index is 12.6. The van der Waals surface area contributed by atoms with Gasteiger partial charge in [-0.2, -0.15) is 5.26 Å². The fraction of sp³-hybridized carbons (Fsp3) is 0.227. The van der Waals surface area contributed by atoms with E-state index in [1.54, 1.807) is 25.1 Å². The Morgan fingerprint density at radius 2 is 1.97 bits per heavy atom. The zero-order valence-electron chi connectivity index (χ0n) is 16.8. The van der Waals surface area contributed by atoms with Crippen molar-refractivity contribution in [2.75, 3.05) is 18.5 Å². The summed E-state index contributed by atoms with van der Waals surface area (Å²) in [5, 5.41) is 21.1. The van der Waals surface area contributed by atoms with Crippen LogP contribution in [0.5, 0.6) is 11.5 Å².